The summed E-state index contributed by atoms with van der Waals surface area (Å²) in [7, 11) is 1.65. The van der Waals surface area contributed by atoms with E-state index in [-0.39, 0.29) is 48.1 Å². The van der Waals surface area contributed by atoms with Crippen molar-refractivity contribution in [3.05, 3.63) is 0 Å². The van der Waals surface area contributed by atoms with Gasteiger partial charge in [-0.15, -0.1) is 24.0 Å². The molecule has 1 aliphatic heterocycles. The molecule has 22 heavy (non-hydrogen) atoms. The van der Waals surface area contributed by atoms with Crippen molar-refractivity contribution in [2.45, 2.75) is 26.4 Å². The lowest BCUT2D eigenvalue weighted by Crippen LogP contribution is -2.44. The molecule has 128 valence electrons. The highest BCUT2D eigenvalue weighted by molar-refractivity contribution is 14.0. The number of urea groups is 1. The Bertz CT molecular complexity index is 398. The first-order chi connectivity index (χ1) is 9.89. The summed E-state index contributed by atoms with van der Waals surface area (Å²) in [6.45, 7) is 7.93. The standard InChI is InChI=1S/C13H25N5O3.HI/c1-5-14-11(17-9-13(2,3)21-4)15-6-7-18-10(19)8-16-12(18)20;/h5-9H2,1-4H3,(H,16,20)(H2,14,15,17);1H. The largest absolute Gasteiger partial charge is 0.377 e. The van der Waals surface area contributed by atoms with E-state index >= 15 is 0 Å². The van der Waals surface area contributed by atoms with E-state index in [4.69, 9.17) is 4.74 Å². The number of carbonyl (C=O) groups excluding carboxylic acids is 2. The number of ether oxygens (including phenoxy) is 1. The van der Waals surface area contributed by atoms with E-state index in [0.717, 1.165) is 6.54 Å². The van der Waals surface area contributed by atoms with E-state index in [2.05, 4.69) is 20.9 Å². The molecule has 1 fully saturated rings. The van der Waals surface area contributed by atoms with E-state index in [1.165, 1.54) is 4.90 Å². The van der Waals surface area contributed by atoms with Gasteiger partial charge in [0.25, 0.3) is 0 Å². The summed E-state index contributed by atoms with van der Waals surface area (Å²) in [5.41, 5.74) is -0.340. The number of amides is 3. The fourth-order valence-electron chi connectivity index (χ4n) is 1.64. The van der Waals surface area contributed by atoms with Gasteiger partial charge in [-0.2, -0.15) is 0 Å². The van der Waals surface area contributed by atoms with Crippen LogP contribution in [0.25, 0.3) is 0 Å². The fourth-order valence-corrected chi connectivity index (χ4v) is 1.64. The van der Waals surface area contributed by atoms with Crippen molar-refractivity contribution in [1.29, 1.82) is 0 Å². The Morgan fingerprint density at radius 2 is 2.09 bits per heavy atom. The summed E-state index contributed by atoms with van der Waals surface area (Å²) in [4.78, 5) is 28.4. The Morgan fingerprint density at radius 1 is 1.41 bits per heavy atom. The number of carbonyl (C=O) groups is 2. The maximum Gasteiger partial charge on any atom is 0.324 e. The summed E-state index contributed by atoms with van der Waals surface area (Å²) in [5.74, 6) is 0.430. The number of hydrogen-bond donors (Lipinski definition) is 3. The first kappa shape index (κ1) is 20.9. The average Bonchev–Trinajstić information content (AvgIpc) is 2.76. The van der Waals surface area contributed by atoms with Gasteiger partial charge in [0.15, 0.2) is 5.96 Å². The van der Waals surface area contributed by atoms with Gasteiger partial charge in [0.05, 0.1) is 18.7 Å². The minimum Gasteiger partial charge on any atom is -0.377 e. The van der Waals surface area contributed by atoms with Crippen molar-refractivity contribution >= 4 is 41.9 Å². The molecule has 0 saturated carbocycles. The molecular weight excluding hydrogens is 401 g/mol. The lowest BCUT2D eigenvalue weighted by molar-refractivity contribution is -0.124. The Labute approximate surface area is 148 Å². The zero-order valence-electron chi connectivity index (χ0n) is 13.6. The maximum atomic E-state index is 11.4. The fraction of sp³-hybridized carbons (Fsp3) is 0.769. The lowest BCUT2D eigenvalue weighted by Gasteiger charge is -2.21. The number of hydrogen-bond acceptors (Lipinski definition) is 4. The molecule has 0 aromatic carbocycles. The Balaban J connectivity index is 0.00000441. The second-order valence-corrected chi connectivity index (χ2v) is 5.29. The zero-order valence-corrected chi connectivity index (χ0v) is 15.9. The highest BCUT2D eigenvalue weighted by Crippen LogP contribution is 2.06. The van der Waals surface area contributed by atoms with Crippen LogP contribution in [0.5, 0.6) is 0 Å². The van der Waals surface area contributed by atoms with Gasteiger partial charge in [-0.25, -0.2) is 4.79 Å². The summed E-state index contributed by atoms with van der Waals surface area (Å²) < 4.78 is 5.31. The molecule has 9 heteroatoms. The summed E-state index contributed by atoms with van der Waals surface area (Å²) in [6.07, 6.45) is 0. The third kappa shape index (κ3) is 6.77. The molecule has 8 nitrogen and oxygen atoms in total. The molecule has 1 heterocycles. The minimum atomic E-state index is -0.343. The molecule has 0 aromatic rings. The Hall–Kier alpha value is -1.10. The number of guanidine groups is 1. The molecule has 0 bridgehead atoms. The molecular formula is C13H26IN5O3. The van der Waals surface area contributed by atoms with E-state index in [1.807, 2.05) is 20.8 Å². The number of rotatable bonds is 7. The van der Waals surface area contributed by atoms with Crippen LogP contribution < -0.4 is 16.0 Å². The van der Waals surface area contributed by atoms with Gasteiger partial charge in [-0.1, -0.05) is 0 Å². The number of nitrogens with zero attached hydrogens (tertiary/aromatic N) is 2. The molecule has 0 aliphatic carbocycles. The third-order valence-electron chi connectivity index (χ3n) is 3.08. The van der Waals surface area contributed by atoms with Gasteiger partial charge < -0.3 is 20.7 Å². The molecule has 3 amide bonds. The van der Waals surface area contributed by atoms with Gasteiger partial charge in [0, 0.05) is 26.7 Å². The van der Waals surface area contributed by atoms with Gasteiger partial charge in [0.2, 0.25) is 5.91 Å². The van der Waals surface area contributed by atoms with Crippen LogP contribution in [0.4, 0.5) is 4.79 Å². The minimum absolute atomic E-state index is 0. The van der Waals surface area contributed by atoms with Crippen molar-refractivity contribution in [2.75, 3.05) is 39.8 Å². The van der Waals surface area contributed by atoms with E-state index in [1.54, 1.807) is 7.11 Å². The van der Waals surface area contributed by atoms with Crippen LogP contribution in [0.1, 0.15) is 20.8 Å². The van der Waals surface area contributed by atoms with Crippen molar-refractivity contribution in [2.24, 2.45) is 4.99 Å². The molecule has 3 N–H and O–H groups in total. The van der Waals surface area contributed by atoms with Gasteiger partial charge >= 0.3 is 6.03 Å². The van der Waals surface area contributed by atoms with Gasteiger partial charge in [-0.3, -0.25) is 14.7 Å². The summed E-state index contributed by atoms with van der Waals surface area (Å²) >= 11 is 0. The quantitative estimate of drug-likeness (QED) is 0.233. The van der Waals surface area contributed by atoms with Crippen LogP contribution in [0.2, 0.25) is 0 Å². The van der Waals surface area contributed by atoms with E-state index < -0.39 is 0 Å². The van der Waals surface area contributed by atoms with Crippen LogP contribution in [0, 0.1) is 0 Å². The highest BCUT2D eigenvalue weighted by atomic mass is 127. The number of imide groups is 1. The van der Waals surface area contributed by atoms with Crippen LogP contribution in [0.3, 0.4) is 0 Å². The van der Waals surface area contributed by atoms with Crippen LogP contribution in [-0.4, -0.2) is 68.2 Å². The molecule has 1 rings (SSSR count). The van der Waals surface area contributed by atoms with Crippen LogP contribution >= 0.6 is 24.0 Å². The lowest BCUT2D eigenvalue weighted by atomic mass is 10.1. The van der Waals surface area contributed by atoms with Gasteiger partial charge in [0.1, 0.15) is 0 Å². The third-order valence-corrected chi connectivity index (χ3v) is 3.08. The molecule has 0 atom stereocenters. The first-order valence-electron chi connectivity index (χ1n) is 7.05. The van der Waals surface area contributed by atoms with Crippen LogP contribution in [0.15, 0.2) is 4.99 Å². The predicted molar refractivity (Wildman–Crippen MR) is 95.6 cm³/mol. The van der Waals surface area contributed by atoms with E-state index in [0.29, 0.717) is 25.6 Å². The van der Waals surface area contributed by atoms with Crippen molar-refractivity contribution < 1.29 is 14.3 Å². The Morgan fingerprint density at radius 3 is 2.59 bits per heavy atom. The van der Waals surface area contributed by atoms with Crippen molar-refractivity contribution in [1.82, 2.24) is 20.9 Å². The maximum absolute atomic E-state index is 11.4. The topological polar surface area (TPSA) is 95.1 Å². The second-order valence-electron chi connectivity index (χ2n) is 5.29. The molecule has 0 radical (unpaired) electrons. The van der Waals surface area contributed by atoms with E-state index in [9.17, 15) is 9.59 Å². The number of nitrogens with one attached hydrogen (secondary N) is 3. The smallest absolute Gasteiger partial charge is 0.324 e. The van der Waals surface area contributed by atoms with Crippen molar-refractivity contribution in [3.8, 4) is 0 Å². The number of halogens is 1. The SMILES string of the molecule is CCNC(=NCC(C)(C)OC)NCCN1C(=O)CNC1=O.I. The Kier molecular flexibility index (Phi) is 9.33. The monoisotopic (exact) mass is 427 g/mol. The summed E-state index contributed by atoms with van der Waals surface area (Å²) in [6, 6.07) is -0.343. The molecule has 0 unspecified atom stereocenters. The second kappa shape index (κ2) is 9.82. The van der Waals surface area contributed by atoms with Crippen molar-refractivity contribution in [3.63, 3.8) is 0 Å². The van der Waals surface area contributed by atoms with Gasteiger partial charge in [-0.05, 0) is 20.8 Å². The van der Waals surface area contributed by atoms with Crippen LogP contribution in [-0.2, 0) is 9.53 Å². The zero-order chi connectivity index (χ0) is 15.9. The normalized spacial score (nSPS) is 15.5. The highest BCUT2D eigenvalue weighted by Gasteiger charge is 2.27. The molecule has 0 spiro atoms. The first-order valence-corrected chi connectivity index (χ1v) is 7.05. The molecule has 1 saturated heterocycles. The predicted octanol–water partition coefficient (Wildman–Crippen LogP) is 0.136. The molecule has 0 aromatic heterocycles. The average molecular weight is 427 g/mol. The number of methoxy groups -OCH3 is 1. The number of aliphatic imine (C=N–C) groups is 1. The molecule has 1 aliphatic rings. The summed E-state index contributed by atoms with van der Waals surface area (Å²) in [5, 5.41) is 8.68.